The second kappa shape index (κ2) is 4.32. The van der Waals surface area contributed by atoms with Crippen molar-refractivity contribution >= 4 is 8.07 Å². The maximum Gasteiger partial charge on any atom is 0.120 e. The van der Waals surface area contributed by atoms with Crippen molar-refractivity contribution in [3.63, 3.8) is 0 Å². The summed E-state index contributed by atoms with van der Waals surface area (Å²) in [5.74, 6) is 1.14. The SMILES string of the molecule is CN(C)Cc1occc1C[Si](C)(C)C. The van der Waals surface area contributed by atoms with Crippen LogP contribution in [0.1, 0.15) is 11.3 Å². The van der Waals surface area contributed by atoms with Crippen molar-refractivity contribution < 1.29 is 4.42 Å². The van der Waals surface area contributed by atoms with E-state index in [2.05, 4.69) is 44.7 Å². The maximum absolute atomic E-state index is 5.50. The van der Waals surface area contributed by atoms with E-state index in [1.165, 1.54) is 11.6 Å². The average molecular weight is 211 g/mol. The highest BCUT2D eigenvalue weighted by molar-refractivity contribution is 6.75. The highest BCUT2D eigenvalue weighted by atomic mass is 28.3. The smallest absolute Gasteiger partial charge is 0.120 e. The van der Waals surface area contributed by atoms with E-state index < -0.39 is 8.07 Å². The van der Waals surface area contributed by atoms with E-state index in [9.17, 15) is 0 Å². The first-order valence-corrected chi connectivity index (χ1v) is 8.79. The van der Waals surface area contributed by atoms with E-state index >= 15 is 0 Å². The Kier molecular flexibility index (Phi) is 3.56. The van der Waals surface area contributed by atoms with E-state index in [0.29, 0.717) is 0 Å². The Hall–Kier alpha value is -0.543. The van der Waals surface area contributed by atoms with Crippen LogP contribution in [0.2, 0.25) is 19.6 Å². The van der Waals surface area contributed by atoms with Gasteiger partial charge in [-0.2, -0.15) is 0 Å². The van der Waals surface area contributed by atoms with Crippen molar-refractivity contribution in [3.05, 3.63) is 23.7 Å². The Labute approximate surface area is 87.9 Å². The van der Waals surface area contributed by atoms with Gasteiger partial charge >= 0.3 is 0 Å². The Morgan fingerprint density at radius 1 is 1.29 bits per heavy atom. The molecule has 0 aliphatic rings. The quantitative estimate of drug-likeness (QED) is 0.712. The lowest BCUT2D eigenvalue weighted by Crippen LogP contribution is -2.24. The third-order valence-corrected chi connectivity index (χ3v) is 3.46. The van der Waals surface area contributed by atoms with Gasteiger partial charge in [0.25, 0.3) is 0 Å². The van der Waals surface area contributed by atoms with Crippen LogP contribution >= 0.6 is 0 Å². The predicted molar refractivity (Wildman–Crippen MR) is 63.1 cm³/mol. The normalized spacial score (nSPS) is 12.4. The lowest BCUT2D eigenvalue weighted by molar-refractivity contribution is 0.348. The summed E-state index contributed by atoms with van der Waals surface area (Å²) < 4.78 is 5.50. The summed E-state index contributed by atoms with van der Waals surface area (Å²) in [5.41, 5.74) is 1.40. The fraction of sp³-hybridized carbons (Fsp3) is 0.636. The second-order valence-corrected chi connectivity index (χ2v) is 10.8. The Bertz CT molecular complexity index is 286. The third kappa shape index (κ3) is 3.68. The van der Waals surface area contributed by atoms with Crippen LogP contribution in [0.4, 0.5) is 0 Å². The van der Waals surface area contributed by atoms with Gasteiger partial charge in [0.1, 0.15) is 5.76 Å². The van der Waals surface area contributed by atoms with Crippen molar-refractivity contribution in [2.75, 3.05) is 14.1 Å². The molecule has 0 amide bonds. The van der Waals surface area contributed by atoms with Gasteiger partial charge in [0.05, 0.1) is 12.8 Å². The van der Waals surface area contributed by atoms with Gasteiger partial charge in [-0.1, -0.05) is 19.6 Å². The Morgan fingerprint density at radius 3 is 2.43 bits per heavy atom. The van der Waals surface area contributed by atoms with Crippen LogP contribution in [0.5, 0.6) is 0 Å². The van der Waals surface area contributed by atoms with Gasteiger partial charge in [0.2, 0.25) is 0 Å². The summed E-state index contributed by atoms with van der Waals surface area (Å²) in [5, 5.41) is 0. The molecular weight excluding hydrogens is 190 g/mol. The molecule has 0 unspecified atom stereocenters. The molecule has 1 aromatic rings. The van der Waals surface area contributed by atoms with Crippen LogP contribution in [0, 0.1) is 0 Å². The fourth-order valence-electron chi connectivity index (χ4n) is 1.52. The van der Waals surface area contributed by atoms with Crippen LogP contribution in [0.15, 0.2) is 16.7 Å². The summed E-state index contributed by atoms with van der Waals surface area (Å²) in [4.78, 5) is 2.15. The molecule has 1 aromatic heterocycles. The van der Waals surface area contributed by atoms with Gasteiger partial charge in [-0.25, -0.2) is 0 Å². The summed E-state index contributed by atoms with van der Waals surface area (Å²) >= 11 is 0. The van der Waals surface area contributed by atoms with E-state index in [1.807, 2.05) is 6.26 Å². The van der Waals surface area contributed by atoms with Crippen LogP contribution in [0.3, 0.4) is 0 Å². The molecule has 0 aliphatic heterocycles. The molecule has 3 heteroatoms. The highest BCUT2D eigenvalue weighted by Gasteiger charge is 2.17. The monoisotopic (exact) mass is 211 g/mol. The largest absolute Gasteiger partial charge is 0.468 e. The zero-order valence-electron chi connectivity index (χ0n) is 9.92. The molecule has 1 rings (SSSR count). The standard InChI is InChI=1S/C11H21NOSi/c1-12(2)8-11-10(6-7-13-11)9-14(3,4)5/h6-7H,8-9H2,1-5H3. The lowest BCUT2D eigenvalue weighted by Gasteiger charge is -2.16. The fourth-order valence-corrected chi connectivity index (χ4v) is 2.98. The van der Waals surface area contributed by atoms with Gasteiger partial charge in [-0.05, 0) is 31.8 Å². The van der Waals surface area contributed by atoms with Crippen LogP contribution in [-0.2, 0) is 12.6 Å². The van der Waals surface area contributed by atoms with Crippen molar-refractivity contribution in [1.82, 2.24) is 4.90 Å². The molecule has 14 heavy (non-hydrogen) atoms. The van der Waals surface area contributed by atoms with Crippen LogP contribution in [-0.4, -0.2) is 27.1 Å². The number of nitrogens with zero attached hydrogens (tertiary/aromatic N) is 1. The van der Waals surface area contributed by atoms with Gasteiger partial charge in [-0.3, -0.25) is 0 Å². The lowest BCUT2D eigenvalue weighted by atomic mass is 10.3. The molecule has 80 valence electrons. The Balaban J connectivity index is 2.72. The number of hydrogen-bond donors (Lipinski definition) is 0. The molecule has 0 radical (unpaired) electrons. The minimum Gasteiger partial charge on any atom is -0.468 e. The zero-order valence-corrected chi connectivity index (χ0v) is 10.9. The summed E-state index contributed by atoms with van der Waals surface area (Å²) in [7, 11) is 3.12. The Morgan fingerprint density at radius 2 is 1.93 bits per heavy atom. The van der Waals surface area contributed by atoms with Crippen molar-refractivity contribution in [3.8, 4) is 0 Å². The first-order valence-electron chi connectivity index (χ1n) is 5.08. The summed E-state index contributed by atoms with van der Waals surface area (Å²) in [6.07, 6.45) is 1.81. The number of furan rings is 1. The van der Waals surface area contributed by atoms with Gasteiger partial charge in [0, 0.05) is 8.07 Å². The summed E-state index contributed by atoms with van der Waals surface area (Å²) in [6, 6.07) is 3.34. The van der Waals surface area contributed by atoms with E-state index in [0.717, 1.165) is 12.3 Å². The minimum atomic E-state index is -1.02. The molecule has 0 saturated carbocycles. The molecule has 0 aromatic carbocycles. The van der Waals surface area contributed by atoms with Crippen molar-refractivity contribution in [1.29, 1.82) is 0 Å². The van der Waals surface area contributed by atoms with Crippen molar-refractivity contribution in [2.45, 2.75) is 32.2 Å². The number of rotatable bonds is 4. The summed E-state index contributed by atoms with van der Waals surface area (Å²) in [6.45, 7) is 8.07. The molecule has 2 nitrogen and oxygen atoms in total. The molecule has 0 bridgehead atoms. The highest BCUT2D eigenvalue weighted by Crippen LogP contribution is 2.18. The molecular formula is C11H21NOSi. The van der Waals surface area contributed by atoms with Crippen LogP contribution in [0.25, 0.3) is 0 Å². The molecule has 0 fully saturated rings. The second-order valence-electron chi connectivity index (χ2n) is 5.34. The average Bonchev–Trinajstić information content (AvgIpc) is 2.32. The topological polar surface area (TPSA) is 16.4 Å². The first kappa shape index (κ1) is 11.5. The number of hydrogen-bond acceptors (Lipinski definition) is 2. The molecule has 0 aliphatic carbocycles. The van der Waals surface area contributed by atoms with E-state index in [4.69, 9.17) is 4.42 Å². The third-order valence-electron chi connectivity index (χ3n) is 2.02. The molecule has 0 N–H and O–H groups in total. The molecule has 0 atom stereocenters. The van der Waals surface area contributed by atoms with Crippen molar-refractivity contribution in [2.24, 2.45) is 0 Å². The first-order chi connectivity index (χ1) is 6.38. The van der Waals surface area contributed by atoms with Gasteiger partial charge < -0.3 is 9.32 Å². The molecule has 1 heterocycles. The zero-order chi connectivity index (χ0) is 10.8. The molecule has 0 saturated heterocycles. The maximum atomic E-state index is 5.50. The van der Waals surface area contributed by atoms with E-state index in [-0.39, 0.29) is 0 Å². The van der Waals surface area contributed by atoms with Gasteiger partial charge in [-0.15, -0.1) is 0 Å². The van der Waals surface area contributed by atoms with Crippen LogP contribution < -0.4 is 0 Å². The van der Waals surface area contributed by atoms with E-state index in [1.54, 1.807) is 0 Å². The molecule has 0 spiro atoms. The predicted octanol–water partition coefficient (Wildman–Crippen LogP) is 2.76. The minimum absolute atomic E-state index is 0.910. The van der Waals surface area contributed by atoms with Gasteiger partial charge in [0.15, 0.2) is 0 Å².